The average Bonchev–Trinajstić information content (AvgIpc) is 2.47. The van der Waals surface area contributed by atoms with Gasteiger partial charge in [-0.1, -0.05) is 35.5 Å². The van der Waals surface area contributed by atoms with Crippen molar-refractivity contribution in [2.75, 3.05) is 32.1 Å². The van der Waals surface area contributed by atoms with Crippen molar-refractivity contribution in [3.63, 3.8) is 0 Å². The second-order valence-corrected chi connectivity index (χ2v) is 7.23. The maximum Gasteiger partial charge on any atom is 0.0845 e. The molecule has 3 nitrogen and oxygen atoms in total. The van der Waals surface area contributed by atoms with Crippen molar-refractivity contribution in [2.24, 2.45) is 0 Å². The number of aliphatic hydroxyl groups excluding tert-OH is 1. The van der Waals surface area contributed by atoms with E-state index in [4.69, 9.17) is 11.6 Å². The number of rotatable bonds is 4. The zero-order chi connectivity index (χ0) is 15.7. The van der Waals surface area contributed by atoms with Gasteiger partial charge in [0, 0.05) is 21.4 Å². The number of benzene rings is 2. The molecule has 0 radical (unpaired) electrons. The Labute approximate surface area is 140 Å². The lowest BCUT2D eigenvalue weighted by Crippen LogP contribution is -2.36. The number of aliphatic hydroxyl groups is 1. The summed E-state index contributed by atoms with van der Waals surface area (Å²) in [6, 6.07) is 14.2. The van der Waals surface area contributed by atoms with Crippen LogP contribution in [0.15, 0.2) is 52.3 Å². The van der Waals surface area contributed by atoms with Gasteiger partial charge >= 0.3 is 0 Å². The Balaban J connectivity index is 1.98. The van der Waals surface area contributed by atoms with Crippen molar-refractivity contribution in [1.29, 1.82) is 0 Å². The number of halogens is 1. The Hall–Kier alpha value is -1.20. The van der Waals surface area contributed by atoms with Crippen LogP contribution >= 0.6 is 23.4 Å². The van der Waals surface area contributed by atoms with E-state index >= 15 is 0 Å². The average molecular weight is 335 g/mol. The Morgan fingerprint density at radius 2 is 1.86 bits per heavy atom. The van der Waals surface area contributed by atoms with Gasteiger partial charge in [-0.15, -0.1) is 0 Å². The molecule has 0 amide bonds. The topological polar surface area (TPSA) is 26.7 Å². The van der Waals surface area contributed by atoms with Gasteiger partial charge in [0.2, 0.25) is 0 Å². The molecule has 2 aromatic carbocycles. The molecule has 1 aliphatic rings. The number of anilines is 2. The summed E-state index contributed by atoms with van der Waals surface area (Å²) in [7, 11) is 3.93. The number of likely N-dealkylation sites (N-methyl/N-ethyl adjacent to an activating group) is 1. The van der Waals surface area contributed by atoms with E-state index in [1.807, 2.05) is 49.3 Å². The molecule has 0 aliphatic carbocycles. The van der Waals surface area contributed by atoms with Crippen molar-refractivity contribution in [2.45, 2.75) is 15.9 Å². The highest BCUT2D eigenvalue weighted by molar-refractivity contribution is 7.99. The third kappa shape index (κ3) is 3.25. The van der Waals surface area contributed by atoms with Crippen molar-refractivity contribution in [3.05, 3.63) is 47.5 Å². The first kappa shape index (κ1) is 15.7. The van der Waals surface area contributed by atoms with Crippen molar-refractivity contribution < 1.29 is 5.11 Å². The summed E-state index contributed by atoms with van der Waals surface area (Å²) in [5, 5.41) is 11.1. The molecule has 0 saturated heterocycles. The predicted octanol–water partition coefficient (Wildman–Crippen LogP) is 3.87. The zero-order valence-electron chi connectivity index (χ0n) is 12.7. The number of β-amino-alcohol motifs (C(OH)–C–C–N with tert-alkyl or cyclic N) is 1. The molecule has 3 rings (SSSR count). The van der Waals surface area contributed by atoms with E-state index in [2.05, 4.69) is 17.0 Å². The molecule has 0 unspecified atom stereocenters. The molecule has 0 saturated carbocycles. The maximum atomic E-state index is 10.4. The quantitative estimate of drug-likeness (QED) is 0.918. The van der Waals surface area contributed by atoms with Crippen LogP contribution in [0.2, 0.25) is 5.02 Å². The summed E-state index contributed by atoms with van der Waals surface area (Å²) in [5.74, 6) is 0. The van der Waals surface area contributed by atoms with Crippen LogP contribution in [0.1, 0.15) is 0 Å². The van der Waals surface area contributed by atoms with Gasteiger partial charge in [-0.2, -0.15) is 0 Å². The fourth-order valence-corrected chi connectivity index (χ4v) is 3.93. The molecule has 0 aromatic heterocycles. The van der Waals surface area contributed by atoms with Gasteiger partial charge in [0.25, 0.3) is 0 Å². The minimum Gasteiger partial charge on any atom is -0.390 e. The van der Waals surface area contributed by atoms with Crippen molar-refractivity contribution >= 4 is 34.7 Å². The van der Waals surface area contributed by atoms with Crippen LogP contribution < -0.4 is 4.90 Å². The summed E-state index contributed by atoms with van der Waals surface area (Å²) in [6.45, 7) is 1.17. The van der Waals surface area contributed by atoms with Gasteiger partial charge < -0.3 is 14.9 Å². The number of nitrogens with zero attached hydrogens (tertiary/aromatic N) is 2. The molecule has 22 heavy (non-hydrogen) atoms. The van der Waals surface area contributed by atoms with Crippen LogP contribution in [0.25, 0.3) is 0 Å². The summed E-state index contributed by atoms with van der Waals surface area (Å²) in [5.41, 5.74) is 2.19. The number of fused-ring (bicyclic) bond motifs is 2. The van der Waals surface area contributed by atoms with Crippen LogP contribution in [0, 0.1) is 0 Å². The Morgan fingerprint density at radius 1 is 1.14 bits per heavy atom. The minimum absolute atomic E-state index is 0.432. The second kappa shape index (κ2) is 6.50. The lowest BCUT2D eigenvalue weighted by molar-refractivity contribution is 0.143. The van der Waals surface area contributed by atoms with E-state index < -0.39 is 6.10 Å². The van der Waals surface area contributed by atoms with E-state index in [1.165, 1.54) is 9.79 Å². The minimum atomic E-state index is -0.432. The van der Waals surface area contributed by atoms with E-state index in [0.717, 1.165) is 11.4 Å². The molecule has 1 heterocycles. The maximum absolute atomic E-state index is 10.4. The fraction of sp³-hybridized carbons (Fsp3) is 0.294. The van der Waals surface area contributed by atoms with Gasteiger partial charge in [0.05, 0.1) is 24.0 Å². The summed E-state index contributed by atoms with van der Waals surface area (Å²) < 4.78 is 0. The molecule has 0 bridgehead atoms. The molecule has 1 aliphatic heterocycles. The molecule has 2 aromatic rings. The predicted molar refractivity (Wildman–Crippen MR) is 93.6 cm³/mol. The largest absolute Gasteiger partial charge is 0.390 e. The second-order valence-electron chi connectivity index (χ2n) is 5.71. The van der Waals surface area contributed by atoms with Crippen LogP contribution in [-0.4, -0.2) is 43.3 Å². The van der Waals surface area contributed by atoms with Gasteiger partial charge in [-0.3, -0.25) is 0 Å². The van der Waals surface area contributed by atoms with E-state index in [-0.39, 0.29) is 0 Å². The highest BCUT2D eigenvalue weighted by Crippen LogP contribution is 2.48. The lowest BCUT2D eigenvalue weighted by Gasteiger charge is -2.34. The van der Waals surface area contributed by atoms with Crippen LogP contribution in [0.4, 0.5) is 11.4 Å². The SMILES string of the molecule is CN(C)C[C@H](O)CN1c2ccccc2Sc2ccc(Cl)cc21. The van der Waals surface area contributed by atoms with Crippen LogP contribution in [0.3, 0.4) is 0 Å². The van der Waals surface area contributed by atoms with Crippen molar-refractivity contribution in [3.8, 4) is 0 Å². The van der Waals surface area contributed by atoms with Crippen molar-refractivity contribution in [1.82, 2.24) is 4.90 Å². The van der Waals surface area contributed by atoms with Gasteiger partial charge in [0.15, 0.2) is 0 Å². The summed E-state index contributed by atoms with van der Waals surface area (Å²) >= 11 is 7.93. The highest BCUT2D eigenvalue weighted by atomic mass is 35.5. The molecule has 5 heteroatoms. The van der Waals surface area contributed by atoms with Crippen LogP contribution in [-0.2, 0) is 0 Å². The lowest BCUT2D eigenvalue weighted by atomic mass is 10.2. The number of hydrogen-bond acceptors (Lipinski definition) is 4. The first-order chi connectivity index (χ1) is 10.5. The van der Waals surface area contributed by atoms with E-state index in [1.54, 1.807) is 11.8 Å². The number of para-hydroxylation sites is 1. The Kier molecular flexibility index (Phi) is 4.64. The normalized spacial score (nSPS) is 14.7. The first-order valence-electron chi connectivity index (χ1n) is 7.21. The third-order valence-corrected chi connectivity index (χ3v) is 4.92. The fourth-order valence-electron chi connectivity index (χ4n) is 2.69. The van der Waals surface area contributed by atoms with Gasteiger partial charge in [-0.25, -0.2) is 0 Å². The van der Waals surface area contributed by atoms with Gasteiger partial charge in [0.1, 0.15) is 0 Å². The van der Waals surface area contributed by atoms with Gasteiger partial charge in [-0.05, 0) is 44.4 Å². The summed E-state index contributed by atoms with van der Waals surface area (Å²) in [6.07, 6.45) is -0.432. The molecule has 1 N–H and O–H groups in total. The zero-order valence-corrected chi connectivity index (χ0v) is 14.2. The van der Waals surface area contributed by atoms with E-state index in [0.29, 0.717) is 18.1 Å². The smallest absolute Gasteiger partial charge is 0.0845 e. The molecule has 1 atom stereocenters. The standard InChI is InChI=1S/C17H19ClN2OS/c1-19(2)10-13(21)11-20-14-5-3-4-6-16(14)22-17-8-7-12(18)9-15(17)20/h3-9,13,21H,10-11H2,1-2H3/t13-/m0/s1. The molecule has 116 valence electrons. The highest BCUT2D eigenvalue weighted by Gasteiger charge is 2.25. The first-order valence-corrected chi connectivity index (χ1v) is 8.41. The van der Waals surface area contributed by atoms with Crippen LogP contribution in [0.5, 0.6) is 0 Å². The molecular weight excluding hydrogens is 316 g/mol. The Morgan fingerprint density at radius 3 is 2.64 bits per heavy atom. The molecule has 0 fully saturated rings. The Bertz CT molecular complexity index is 677. The third-order valence-electron chi connectivity index (χ3n) is 3.56. The summed E-state index contributed by atoms with van der Waals surface area (Å²) in [4.78, 5) is 6.53. The number of hydrogen-bond donors (Lipinski definition) is 1. The van der Waals surface area contributed by atoms with E-state index in [9.17, 15) is 5.11 Å². The monoisotopic (exact) mass is 334 g/mol. The molecule has 0 spiro atoms. The molecular formula is C17H19ClN2OS.